The lowest BCUT2D eigenvalue weighted by atomic mass is 9.82. The Bertz CT molecular complexity index is 418. The van der Waals surface area contributed by atoms with Gasteiger partial charge in [-0.1, -0.05) is 38.5 Å². The normalized spacial score (nSPS) is 14.0. The first-order valence-corrected chi connectivity index (χ1v) is 7.70. The van der Waals surface area contributed by atoms with Gasteiger partial charge in [0.15, 0.2) is 0 Å². The van der Waals surface area contributed by atoms with Crippen molar-refractivity contribution in [3.05, 3.63) is 29.8 Å². The number of aliphatic hydroxyl groups excluding tert-OH is 1. The van der Waals surface area contributed by atoms with Gasteiger partial charge in [0.1, 0.15) is 18.5 Å². The first-order valence-electron chi connectivity index (χ1n) is 7.70. The summed E-state index contributed by atoms with van der Waals surface area (Å²) in [5.74, 6) is 0.800. The minimum absolute atomic E-state index is 0.00306. The van der Waals surface area contributed by atoms with Gasteiger partial charge in [-0.15, -0.1) is 0 Å². The standard InChI is InChI=1S/C18H31NO2/c1-14-7-9-16(10-8-14)21-12-15(20)11-19-18(5,6)13-17(2,3)4/h7-10,15,19-20H,11-13H2,1-6H3. The topological polar surface area (TPSA) is 41.5 Å². The minimum Gasteiger partial charge on any atom is -0.491 e. The molecule has 0 saturated carbocycles. The van der Waals surface area contributed by atoms with E-state index in [9.17, 15) is 5.11 Å². The molecule has 120 valence electrons. The predicted molar refractivity (Wildman–Crippen MR) is 88.8 cm³/mol. The molecule has 0 radical (unpaired) electrons. The molecule has 0 fully saturated rings. The quantitative estimate of drug-likeness (QED) is 0.808. The minimum atomic E-state index is -0.509. The van der Waals surface area contributed by atoms with Crippen LogP contribution in [0.1, 0.15) is 46.6 Å². The first kappa shape index (κ1) is 18.0. The molecule has 0 aromatic heterocycles. The van der Waals surface area contributed by atoms with Gasteiger partial charge >= 0.3 is 0 Å². The molecule has 0 aliphatic rings. The Morgan fingerprint density at radius 3 is 2.19 bits per heavy atom. The van der Waals surface area contributed by atoms with Gasteiger partial charge in [0.25, 0.3) is 0 Å². The van der Waals surface area contributed by atoms with Crippen LogP contribution in [0.5, 0.6) is 5.75 Å². The molecule has 0 aliphatic heterocycles. The Morgan fingerprint density at radius 2 is 1.67 bits per heavy atom. The van der Waals surface area contributed by atoms with Crippen LogP contribution in [0.4, 0.5) is 0 Å². The van der Waals surface area contributed by atoms with Crippen LogP contribution in [0, 0.1) is 12.3 Å². The fourth-order valence-corrected chi connectivity index (χ4v) is 2.67. The third-order valence-electron chi connectivity index (χ3n) is 3.25. The molecule has 0 heterocycles. The zero-order valence-corrected chi connectivity index (χ0v) is 14.4. The van der Waals surface area contributed by atoms with Gasteiger partial charge in [-0.25, -0.2) is 0 Å². The lowest BCUT2D eigenvalue weighted by Crippen LogP contribution is -2.46. The molecule has 0 amide bonds. The van der Waals surface area contributed by atoms with Crippen LogP contribution >= 0.6 is 0 Å². The van der Waals surface area contributed by atoms with Crippen molar-refractivity contribution in [1.29, 1.82) is 0 Å². The Balaban J connectivity index is 2.33. The molecule has 21 heavy (non-hydrogen) atoms. The van der Waals surface area contributed by atoms with Crippen molar-refractivity contribution in [2.24, 2.45) is 5.41 Å². The van der Waals surface area contributed by atoms with E-state index in [0.29, 0.717) is 13.2 Å². The third kappa shape index (κ3) is 8.08. The van der Waals surface area contributed by atoms with Crippen molar-refractivity contribution in [3.8, 4) is 5.75 Å². The molecule has 1 unspecified atom stereocenters. The lowest BCUT2D eigenvalue weighted by Gasteiger charge is -2.34. The average Bonchev–Trinajstić information content (AvgIpc) is 2.33. The fourth-order valence-electron chi connectivity index (χ4n) is 2.67. The van der Waals surface area contributed by atoms with Gasteiger partial charge in [0.2, 0.25) is 0 Å². The third-order valence-corrected chi connectivity index (χ3v) is 3.25. The molecule has 1 atom stereocenters. The maximum Gasteiger partial charge on any atom is 0.119 e. The number of hydrogen-bond donors (Lipinski definition) is 2. The smallest absolute Gasteiger partial charge is 0.119 e. The van der Waals surface area contributed by atoms with E-state index in [1.54, 1.807) is 0 Å². The highest BCUT2D eigenvalue weighted by Crippen LogP contribution is 2.26. The van der Waals surface area contributed by atoms with Gasteiger partial charge in [-0.2, -0.15) is 0 Å². The van der Waals surface area contributed by atoms with E-state index in [1.807, 2.05) is 31.2 Å². The molecule has 0 saturated heterocycles. The number of aryl methyl sites for hydroxylation is 1. The van der Waals surface area contributed by atoms with Crippen LogP contribution in [0.3, 0.4) is 0 Å². The van der Waals surface area contributed by atoms with E-state index in [0.717, 1.165) is 12.2 Å². The molecular weight excluding hydrogens is 262 g/mol. The fraction of sp³-hybridized carbons (Fsp3) is 0.667. The molecule has 2 N–H and O–H groups in total. The Kier molecular flexibility index (Phi) is 6.24. The summed E-state index contributed by atoms with van der Waals surface area (Å²) in [6.45, 7) is 13.9. The summed E-state index contributed by atoms with van der Waals surface area (Å²) < 4.78 is 5.60. The second-order valence-electron chi connectivity index (χ2n) is 7.78. The summed E-state index contributed by atoms with van der Waals surface area (Å²) in [6.07, 6.45) is 0.538. The van der Waals surface area contributed by atoms with Gasteiger partial charge in [-0.05, 0) is 44.7 Å². The van der Waals surface area contributed by atoms with Crippen LogP contribution in [0.25, 0.3) is 0 Å². The average molecular weight is 293 g/mol. The molecule has 1 aromatic rings. The van der Waals surface area contributed by atoms with E-state index in [1.165, 1.54) is 5.56 Å². The number of rotatable bonds is 7. The molecular formula is C18H31NO2. The largest absolute Gasteiger partial charge is 0.491 e. The molecule has 0 aliphatic carbocycles. The summed E-state index contributed by atoms with van der Waals surface area (Å²) >= 11 is 0. The predicted octanol–water partition coefficient (Wildman–Crippen LogP) is 3.54. The van der Waals surface area contributed by atoms with E-state index in [2.05, 4.69) is 39.9 Å². The molecule has 0 spiro atoms. The number of nitrogens with one attached hydrogen (secondary N) is 1. The highest BCUT2D eigenvalue weighted by molar-refractivity contribution is 5.26. The Hall–Kier alpha value is -1.06. The maximum absolute atomic E-state index is 10.0. The monoisotopic (exact) mass is 293 g/mol. The van der Waals surface area contributed by atoms with Crippen molar-refractivity contribution in [2.75, 3.05) is 13.2 Å². The van der Waals surface area contributed by atoms with Gasteiger partial charge in [-0.3, -0.25) is 0 Å². The summed E-state index contributed by atoms with van der Waals surface area (Å²) in [5, 5.41) is 13.5. The van der Waals surface area contributed by atoms with Crippen molar-refractivity contribution >= 4 is 0 Å². The SMILES string of the molecule is Cc1ccc(OCC(O)CNC(C)(C)CC(C)(C)C)cc1. The summed E-state index contributed by atoms with van der Waals surface area (Å²) in [7, 11) is 0. The second kappa shape index (κ2) is 7.28. The maximum atomic E-state index is 10.0. The number of aliphatic hydroxyl groups is 1. The first-order chi connectivity index (χ1) is 9.57. The highest BCUT2D eigenvalue weighted by atomic mass is 16.5. The number of hydrogen-bond acceptors (Lipinski definition) is 3. The zero-order chi connectivity index (χ0) is 16.1. The van der Waals surface area contributed by atoms with Crippen LogP contribution in [0.2, 0.25) is 0 Å². The molecule has 1 aromatic carbocycles. The van der Waals surface area contributed by atoms with E-state index in [-0.39, 0.29) is 11.0 Å². The van der Waals surface area contributed by atoms with E-state index >= 15 is 0 Å². The van der Waals surface area contributed by atoms with Gasteiger partial charge in [0, 0.05) is 12.1 Å². The summed E-state index contributed by atoms with van der Waals surface area (Å²) in [5.41, 5.74) is 1.47. The molecule has 3 nitrogen and oxygen atoms in total. The summed E-state index contributed by atoms with van der Waals surface area (Å²) in [4.78, 5) is 0. The molecule has 3 heteroatoms. The van der Waals surface area contributed by atoms with Crippen LogP contribution in [-0.2, 0) is 0 Å². The van der Waals surface area contributed by atoms with Gasteiger partial charge < -0.3 is 15.2 Å². The number of benzene rings is 1. The van der Waals surface area contributed by atoms with Crippen molar-refractivity contribution in [1.82, 2.24) is 5.32 Å². The summed E-state index contributed by atoms with van der Waals surface area (Å²) in [6, 6.07) is 7.87. The van der Waals surface area contributed by atoms with Crippen LogP contribution in [-0.4, -0.2) is 29.9 Å². The van der Waals surface area contributed by atoms with Crippen molar-refractivity contribution < 1.29 is 9.84 Å². The number of ether oxygens (including phenoxy) is 1. The Labute approximate surface area is 129 Å². The Morgan fingerprint density at radius 1 is 1.10 bits per heavy atom. The van der Waals surface area contributed by atoms with Crippen LogP contribution < -0.4 is 10.1 Å². The lowest BCUT2D eigenvalue weighted by molar-refractivity contribution is 0.0944. The second-order valence-corrected chi connectivity index (χ2v) is 7.78. The van der Waals surface area contributed by atoms with E-state index in [4.69, 9.17) is 4.74 Å². The van der Waals surface area contributed by atoms with Gasteiger partial charge in [0.05, 0.1) is 0 Å². The molecule has 1 rings (SSSR count). The zero-order valence-electron chi connectivity index (χ0n) is 14.4. The van der Waals surface area contributed by atoms with Crippen molar-refractivity contribution in [3.63, 3.8) is 0 Å². The highest BCUT2D eigenvalue weighted by Gasteiger charge is 2.25. The van der Waals surface area contributed by atoms with Crippen molar-refractivity contribution in [2.45, 2.75) is 59.6 Å². The molecule has 0 bridgehead atoms. The van der Waals surface area contributed by atoms with Crippen LogP contribution in [0.15, 0.2) is 24.3 Å². The van der Waals surface area contributed by atoms with E-state index < -0.39 is 6.10 Å². The number of β-amino-alcohol motifs (C(OH)–C–C–N with tert-alkyl or cyclic N) is 1.